The zero-order chi connectivity index (χ0) is 15.6. The molecule has 21 heavy (non-hydrogen) atoms. The van der Waals surface area contributed by atoms with E-state index in [1.54, 1.807) is 0 Å². The highest BCUT2D eigenvalue weighted by Gasteiger charge is 2.26. The number of halogens is 2. The number of nitrogens with two attached hydrogens (primary N) is 1. The van der Waals surface area contributed by atoms with Gasteiger partial charge in [-0.1, -0.05) is 0 Å². The summed E-state index contributed by atoms with van der Waals surface area (Å²) >= 11 is 0. The molecule has 1 unspecified atom stereocenters. The van der Waals surface area contributed by atoms with Gasteiger partial charge in [0, 0.05) is 19.1 Å². The minimum atomic E-state index is -4.38. The van der Waals surface area contributed by atoms with Crippen LogP contribution in [0.4, 0.5) is 8.78 Å². The molecule has 1 heterocycles. The fourth-order valence-electron chi connectivity index (χ4n) is 2.03. The highest BCUT2D eigenvalue weighted by atomic mass is 32.2. The number of benzene rings is 1. The maximum Gasteiger partial charge on any atom is 0.257 e. The van der Waals surface area contributed by atoms with Gasteiger partial charge in [0.05, 0.1) is 6.61 Å². The molecular formula is C12H14F2N2O4S. The van der Waals surface area contributed by atoms with Gasteiger partial charge in [0.25, 0.3) is 5.91 Å². The molecule has 1 saturated heterocycles. The van der Waals surface area contributed by atoms with Crippen LogP contribution in [0.2, 0.25) is 0 Å². The van der Waals surface area contributed by atoms with Crippen molar-refractivity contribution < 1.29 is 26.7 Å². The number of ether oxygens (including phenoxy) is 1. The number of hydrogen-bond donors (Lipinski definition) is 2. The molecule has 3 N–H and O–H groups in total. The highest BCUT2D eigenvalue weighted by molar-refractivity contribution is 7.89. The fraction of sp³-hybridized carbons (Fsp3) is 0.417. The Morgan fingerprint density at radius 2 is 2.14 bits per heavy atom. The number of primary sulfonamides is 1. The monoisotopic (exact) mass is 320 g/mol. The van der Waals surface area contributed by atoms with Gasteiger partial charge in [-0.2, -0.15) is 0 Å². The van der Waals surface area contributed by atoms with E-state index >= 15 is 0 Å². The van der Waals surface area contributed by atoms with Gasteiger partial charge in [0.2, 0.25) is 10.0 Å². The average molecular weight is 320 g/mol. The smallest absolute Gasteiger partial charge is 0.257 e. The van der Waals surface area contributed by atoms with Crippen LogP contribution in [0.15, 0.2) is 17.0 Å². The lowest BCUT2D eigenvalue weighted by molar-refractivity contribution is 0.0936. The molecule has 9 heteroatoms. The van der Waals surface area contributed by atoms with Crippen LogP contribution in [0.25, 0.3) is 0 Å². The Labute approximate surface area is 120 Å². The summed E-state index contributed by atoms with van der Waals surface area (Å²) in [6, 6.07) is 1.37. The molecule has 0 aliphatic carbocycles. The Balaban J connectivity index is 2.23. The van der Waals surface area contributed by atoms with Gasteiger partial charge in [0.1, 0.15) is 16.3 Å². The zero-order valence-corrected chi connectivity index (χ0v) is 11.8. The van der Waals surface area contributed by atoms with E-state index < -0.39 is 38.0 Å². The van der Waals surface area contributed by atoms with E-state index in [0.29, 0.717) is 25.3 Å². The van der Waals surface area contributed by atoms with E-state index in [2.05, 4.69) is 5.32 Å². The summed E-state index contributed by atoms with van der Waals surface area (Å²) in [4.78, 5) is 10.9. The third-order valence-corrected chi connectivity index (χ3v) is 4.09. The highest BCUT2D eigenvalue weighted by Crippen LogP contribution is 2.20. The summed E-state index contributed by atoms with van der Waals surface area (Å²) < 4.78 is 55.1. The van der Waals surface area contributed by atoms with Crippen LogP contribution in [0.3, 0.4) is 0 Å². The summed E-state index contributed by atoms with van der Waals surface area (Å²) in [7, 11) is -4.38. The molecule has 0 saturated carbocycles. The lowest BCUT2D eigenvalue weighted by atomic mass is 10.1. The van der Waals surface area contributed by atoms with E-state index in [1.165, 1.54) is 0 Å². The van der Waals surface area contributed by atoms with Crippen molar-refractivity contribution in [3.05, 3.63) is 29.3 Å². The molecule has 0 radical (unpaired) electrons. The van der Waals surface area contributed by atoms with E-state index in [1.807, 2.05) is 0 Å². The molecule has 116 valence electrons. The molecule has 1 amide bonds. The Morgan fingerprint density at radius 1 is 1.43 bits per heavy atom. The molecule has 0 spiro atoms. The number of sulfonamides is 1. The maximum absolute atomic E-state index is 14.0. The molecule has 1 aromatic carbocycles. The van der Waals surface area contributed by atoms with Crippen molar-refractivity contribution in [2.24, 2.45) is 11.1 Å². The normalized spacial score (nSPS) is 18.7. The minimum absolute atomic E-state index is 0.0708. The standard InChI is InChI=1S/C12H14F2N2O4S/c13-8-1-2-9(21(15,18)19)11(14)10(8)12(17)16-5-7-3-4-20-6-7/h1-2,7H,3-6H2,(H,16,17)(H2,15,18,19). The maximum atomic E-state index is 14.0. The van der Waals surface area contributed by atoms with Gasteiger partial charge < -0.3 is 10.1 Å². The molecule has 1 atom stereocenters. The van der Waals surface area contributed by atoms with Crippen molar-refractivity contribution in [2.75, 3.05) is 19.8 Å². The molecule has 0 bridgehead atoms. The molecule has 2 rings (SSSR count). The summed E-state index contributed by atoms with van der Waals surface area (Å²) in [6.45, 7) is 1.23. The average Bonchev–Trinajstić information content (AvgIpc) is 2.87. The Kier molecular flexibility index (Phi) is 4.55. The third kappa shape index (κ3) is 3.55. The van der Waals surface area contributed by atoms with Crippen LogP contribution in [-0.4, -0.2) is 34.1 Å². The largest absolute Gasteiger partial charge is 0.381 e. The van der Waals surface area contributed by atoms with Crippen LogP contribution < -0.4 is 10.5 Å². The molecule has 1 aliphatic rings. The second-order valence-electron chi connectivity index (χ2n) is 4.72. The van der Waals surface area contributed by atoms with Gasteiger partial charge in [0.15, 0.2) is 5.82 Å². The first-order valence-corrected chi connectivity index (χ1v) is 7.72. The molecule has 1 fully saturated rings. The summed E-state index contributed by atoms with van der Waals surface area (Å²) in [6.07, 6.45) is 0.739. The number of carbonyl (C=O) groups excluding carboxylic acids is 1. The van der Waals surface area contributed by atoms with Crippen LogP contribution in [0.1, 0.15) is 16.8 Å². The Bertz CT molecular complexity index is 657. The molecule has 1 aromatic rings. The third-order valence-electron chi connectivity index (χ3n) is 3.16. The number of nitrogens with one attached hydrogen (secondary N) is 1. The van der Waals surface area contributed by atoms with E-state index in [4.69, 9.17) is 9.88 Å². The van der Waals surface area contributed by atoms with Gasteiger partial charge in [-0.15, -0.1) is 0 Å². The summed E-state index contributed by atoms with van der Waals surface area (Å²) in [5, 5.41) is 7.18. The number of hydrogen-bond acceptors (Lipinski definition) is 4. The molecular weight excluding hydrogens is 306 g/mol. The molecule has 0 aromatic heterocycles. The van der Waals surface area contributed by atoms with E-state index in [9.17, 15) is 22.0 Å². The fourth-order valence-corrected chi connectivity index (χ4v) is 2.64. The second kappa shape index (κ2) is 6.04. The lowest BCUT2D eigenvalue weighted by Gasteiger charge is -2.11. The quantitative estimate of drug-likeness (QED) is 0.838. The van der Waals surface area contributed by atoms with Crippen molar-refractivity contribution in [2.45, 2.75) is 11.3 Å². The van der Waals surface area contributed by atoms with Crippen molar-refractivity contribution in [1.29, 1.82) is 0 Å². The first-order chi connectivity index (χ1) is 9.80. The summed E-state index contributed by atoms with van der Waals surface area (Å²) in [5.74, 6) is -3.60. The predicted octanol–water partition coefficient (Wildman–Crippen LogP) is 0.379. The van der Waals surface area contributed by atoms with Crippen molar-refractivity contribution in [1.82, 2.24) is 5.32 Å². The van der Waals surface area contributed by atoms with Gasteiger partial charge in [-0.05, 0) is 18.6 Å². The summed E-state index contributed by atoms with van der Waals surface area (Å²) in [5.41, 5.74) is -0.958. The number of carbonyl (C=O) groups is 1. The van der Waals surface area contributed by atoms with Gasteiger partial charge in [-0.25, -0.2) is 22.3 Å². The number of rotatable bonds is 4. The first kappa shape index (κ1) is 15.8. The minimum Gasteiger partial charge on any atom is -0.381 e. The van der Waals surface area contributed by atoms with Gasteiger partial charge in [-0.3, -0.25) is 4.79 Å². The second-order valence-corrected chi connectivity index (χ2v) is 6.25. The Hall–Kier alpha value is -1.58. The van der Waals surface area contributed by atoms with Crippen LogP contribution >= 0.6 is 0 Å². The van der Waals surface area contributed by atoms with Crippen molar-refractivity contribution in [3.63, 3.8) is 0 Å². The SMILES string of the molecule is NS(=O)(=O)c1ccc(F)c(C(=O)NCC2CCOC2)c1F. The van der Waals surface area contributed by atoms with Gasteiger partial charge >= 0.3 is 0 Å². The number of amides is 1. The molecule has 1 aliphatic heterocycles. The lowest BCUT2D eigenvalue weighted by Crippen LogP contribution is -2.31. The van der Waals surface area contributed by atoms with Crippen LogP contribution in [0, 0.1) is 17.6 Å². The van der Waals surface area contributed by atoms with Crippen molar-refractivity contribution in [3.8, 4) is 0 Å². The zero-order valence-electron chi connectivity index (χ0n) is 10.9. The van der Waals surface area contributed by atoms with Crippen LogP contribution in [0.5, 0.6) is 0 Å². The van der Waals surface area contributed by atoms with E-state index in [0.717, 1.165) is 6.42 Å². The topological polar surface area (TPSA) is 98.5 Å². The predicted molar refractivity (Wildman–Crippen MR) is 69.0 cm³/mol. The van der Waals surface area contributed by atoms with E-state index in [-0.39, 0.29) is 12.5 Å². The first-order valence-electron chi connectivity index (χ1n) is 6.17. The van der Waals surface area contributed by atoms with Crippen LogP contribution in [-0.2, 0) is 14.8 Å². The Morgan fingerprint density at radius 3 is 2.71 bits per heavy atom. The van der Waals surface area contributed by atoms with Crippen molar-refractivity contribution >= 4 is 15.9 Å². The molecule has 6 nitrogen and oxygen atoms in total.